The lowest BCUT2D eigenvalue weighted by Crippen LogP contribution is -2.53. The van der Waals surface area contributed by atoms with Crippen molar-refractivity contribution >= 4 is 0 Å². The van der Waals surface area contributed by atoms with Crippen molar-refractivity contribution in [3.05, 3.63) is 0 Å². The summed E-state index contributed by atoms with van der Waals surface area (Å²) < 4.78 is 16.5. The Morgan fingerprint density at radius 2 is 1.61 bits per heavy atom. The average Bonchev–Trinajstić information content (AvgIpc) is 2.28. The van der Waals surface area contributed by atoms with Crippen LogP contribution in [-0.4, -0.2) is 63.7 Å². The molecule has 18 heavy (non-hydrogen) atoms. The van der Waals surface area contributed by atoms with Crippen molar-refractivity contribution in [3.63, 3.8) is 0 Å². The van der Waals surface area contributed by atoms with Crippen molar-refractivity contribution < 1.29 is 14.2 Å². The standard InChI is InChI=1S/C14H29NO3/c1-4-5-16-6-7-17-8-9-18-14-11-15(12-14)10-13(2)3/h13-14H,4-12H2,1-3H3. The van der Waals surface area contributed by atoms with Crippen molar-refractivity contribution in [1.29, 1.82) is 0 Å². The molecule has 4 nitrogen and oxygen atoms in total. The summed E-state index contributed by atoms with van der Waals surface area (Å²) in [5.74, 6) is 0.748. The molecule has 0 radical (unpaired) electrons. The van der Waals surface area contributed by atoms with E-state index in [4.69, 9.17) is 14.2 Å². The number of hydrogen-bond donors (Lipinski definition) is 0. The third-order valence-corrected chi connectivity index (χ3v) is 2.85. The summed E-state index contributed by atoms with van der Waals surface area (Å²) >= 11 is 0. The van der Waals surface area contributed by atoms with Crippen molar-refractivity contribution in [2.24, 2.45) is 5.92 Å². The van der Waals surface area contributed by atoms with Crippen LogP contribution in [0, 0.1) is 5.92 Å². The predicted molar refractivity (Wildman–Crippen MR) is 72.9 cm³/mol. The molecule has 0 saturated carbocycles. The molecule has 0 aromatic carbocycles. The highest BCUT2D eigenvalue weighted by molar-refractivity contribution is 4.80. The van der Waals surface area contributed by atoms with E-state index in [2.05, 4.69) is 25.7 Å². The van der Waals surface area contributed by atoms with E-state index in [1.807, 2.05) is 0 Å². The Labute approximate surface area is 112 Å². The quantitative estimate of drug-likeness (QED) is 0.529. The molecule has 1 fully saturated rings. The van der Waals surface area contributed by atoms with Gasteiger partial charge in [-0.1, -0.05) is 20.8 Å². The molecule has 0 atom stereocenters. The van der Waals surface area contributed by atoms with Crippen molar-refractivity contribution in [2.75, 3.05) is 52.7 Å². The highest BCUT2D eigenvalue weighted by Crippen LogP contribution is 2.13. The van der Waals surface area contributed by atoms with E-state index in [9.17, 15) is 0 Å². The SMILES string of the molecule is CCCOCCOCCOC1CN(CC(C)C)C1. The molecule has 1 saturated heterocycles. The van der Waals surface area contributed by atoms with Crippen LogP contribution in [0.3, 0.4) is 0 Å². The smallest absolute Gasteiger partial charge is 0.0829 e. The monoisotopic (exact) mass is 259 g/mol. The van der Waals surface area contributed by atoms with Gasteiger partial charge in [-0.2, -0.15) is 0 Å². The second-order valence-corrected chi connectivity index (χ2v) is 5.33. The van der Waals surface area contributed by atoms with Gasteiger partial charge in [-0.15, -0.1) is 0 Å². The van der Waals surface area contributed by atoms with Gasteiger partial charge in [0.25, 0.3) is 0 Å². The van der Waals surface area contributed by atoms with Gasteiger partial charge >= 0.3 is 0 Å². The van der Waals surface area contributed by atoms with Gasteiger partial charge < -0.3 is 14.2 Å². The lowest BCUT2D eigenvalue weighted by atomic mass is 10.1. The summed E-state index contributed by atoms with van der Waals surface area (Å²) in [6.45, 7) is 13.5. The molecule has 108 valence electrons. The summed E-state index contributed by atoms with van der Waals surface area (Å²) in [7, 11) is 0. The highest BCUT2D eigenvalue weighted by Gasteiger charge is 2.27. The Balaban J connectivity index is 1.77. The summed E-state index contributed by atoms with van der Waals surface area (Å²) in [5, 5.41) is 0. The second-order valence-electron chi connectivity index (χ2n) is 5.33. The minimum atomic E-state index is 0.420. The van der Waals surface area contributed by atoms with Crippen LogP contribution in [0.5, 0.6) is 0 Å². The molecule has 0 spiro atoms. The molecule has 0 aromatic heterocycles. The topological polar surface area (TPSA) is 30.9 Å². The fourth-order valence-electron chi connectivity index (χ4n) is 2.03. The van der Waals surface area contributed by atoms with E-state index in [1.54, 1.807) is 0 Å². The van der Waals surface area contributed by atoms with Gasteiger partial charge in [-0.25, -0.2) is 0 Å². The van der Waals surface area contributed by atoms with Crippen LogP contribution < -0.4 is 0 Å². The van der Waals surface area contributed by atoms with Gasteiger partial charge in [0.05, 0.1) is 32.5 Å². The highest BCUT2D eigenvalue weighted by atomic mass is 16.5. The molecule has 1 heterocycles. The number of hydrogen-bond acceptors (Lipinski definition) is 4. The van der Waals surface area contributed by atoms with Gasteiger partial charge in [0.15, 0.2) is 0 Å². The van der Waals surface area contributed by atoms with E-state index in [1.165, 1.54) is 6.54 Å². The fraction of sp³-hybridized carbons (Fsp3) is 1.00. The third kappa shape index (κ3) is 7.31. The zero-order valence-corrected chi connectivity index (χ0v) is 12.2. The van der Waals surface area contributed by atoms with E-state index < -0.39 is 0 Å². The normalized spacial score (nSPS) is 17.3. The molecule has 4 heteroatoms. The molecule has 0 aliphatic carbocycles. The first-order chi connectivity index (χ1) is 8.72. The first-order valence-corrected chi connectivity index (χ1v) is 7.21. The van der Waals surface area contributed by atoms with Gasteiger partial charge in [-0.3, -0.25) is 4.90 Å². The van der Waals surface area contributed by atoms with Crippen molar-refractivity contribution in [1.82, 2.24) is 4.90 Å². The van der Waals surface area contributed by atoms with Gasteiger partial charge in [-0.05, 0) is 12.3 Å². The maximum atomic E-state index is 5.71. The van der Waals surface area contributed by atoms with Crippen molar-refractivity contribution in [2.45, 2.75) is 33.3 Å². The van der Waals surface area contributed by atoms with Crippen LogP contribution >= 0.6 is 0 Å². The molecular weight excluding hydrogens is 230 g/mol. The number of likely N-dealkylation sites (tertiary alicyclic amines) is 1. The van der Waals surface area contributed by atoms with Crippen LogP contribution in [0.25, 0.3) is 0 Å². The first kappa shape index (κ1) is 15.9. The number of ether oxygens (including phenoxy) is 3. The number of rotatable bonds is 11. The Hall–Kier alpha value is -0.160. The van der Waals surface area contributed by atoms with E-state index in [0.29, 0.717) is 32.5 Å². The Morgan fingerprint density at radius 1 is 1.00 bits per heavy atom. The lowest BCUT2D eigenvalue weighted by molar-refractivity contribution is -0.0763. The van der Waals surface area contributed by atoms with E-state index in [0.717, 1.165) is 32.0 Å². The minimum absolute atomic E-state index is 0.420. The van der Waals surface area contributed by atoms with Crippen LogP contribution in [0.4, 0.5) is 0 Å². The summed E-state index contributed by atoms with van der Waals surface area (Å²) in [4.78, 5) is 2.44. The Kier molecular flexibility index (Phi) is 8.59. The Bertz CT molecular complexity index is 193. The molecule has 0 aromatic rings. The van der Waals surface area contributed by atoms with Crippen LogP contribution in [0.2, 0.25) is 0 Å². The molecule has 1 rings (SSSR count). The predicted octanol–water partition coefficient (Wildman–Crippen LogP) is 1.79. The average molecular weight is 259 g/mol. The van der Waals surface area contributed by atoms with E-state index in [-0.39, 0.29) is 0 Å². The molecule has 0 bridgehead atoms. The van der Waals surface area contributed by atoms with Crippen LogP contribution in [-0.2, 0) is 14.2 Å². The van der Waals surface area contributed by atoms with E-state index >= 15 is 0 Å². The van der Waals surface area contributed by atoms with Gasteiger partial charge in [0, 0.05) is 26.2 Å². The second kappa shape index (κ2) is 9.73. The summed E-state index contributed by atoms with van der Waals surface area (Å²) in [5.41, 5.74) is 0. The molecule has 1 aliphatic heterocycles. The molecular formula is C14H29NO3. The van der Waals surface area contributed by atoms with Crippen LogP contribution in [0.1, 0.15) is 27.2 Å². The zero-order valence-electron chi connectivity index (χ0n) is 12.2. The molecule has 0 N–H and O–H groups in total. The number of nitrogens with zero attached hydrogens (tertiary/aromatic N) is 1. The summed E-state index contributed by atoms with van der Waals surface area (Å²) in [6.07, 6.45) is 1.49. The maximum absolute atomic E-state index is 5.71. The zero-order chi connectivity index (χ0) is 13.2. The minimum Gasteiger partial charge on any atom is -0.379 e. The maximum Gasteiger partial charge on any atom is 0.0829 e. The van der Waals surface area contributed by atoms with Crippen molar-refractivity contribution in [3.8, 4) is 0 Å². The third-order valence-electron chi connectivity index (χ3n) is 2.85. The lowest BCUT2D eigenvalue weighted by Gasteiger charge is -2.39. The fourth-order valence-corrected chi connectivity index (χ4v) is 2.03. The molecule has 1 aliphatic rings. The van der Waals surface area contributed by atoms with Gasteiger partial charge in [0.1, 0.15) is 0 Å². The molecule has 0 unspecified atom stereocenters. The largest absolute Gasteiger partial charge is 0.379 e. The Morgan fingerprint density at radius 3 is 2.22 bits per heavy atom. The molecule has 0 amide bonds. The summed E-state index contributed by atoms with van der Waals surface area (Å²) in [6, 6.07) is 0. The van der Waals surface area contributed by atoms with Crippen LogP contribution in [0.15, 0.2) is 0 Å². The van der Waals surface area contributed by atoms with Gasteiger partial charge in [0.2, 0.25) is 0 Å². The first-order valence-electron chi connectivity index (χ1n) is 7.21.